The lowest BCUT2D eigenvalue weighted by Gasteiger charge is -2.17. The second-order valence-electron chi connectivity index (χ2n) is 3.48. The molecular formula is C12H10FNO2S. The smallest absolute Gasteiger partial charge is 0.412 e. The predicted octanol–water partition coefficient (Wildman–Crippen LogP) is 3.57. The molecule has 2 aromatic rings. The van der Waals surface area contributed by atoms with Crippen molar-refractivity contribution in [3.63, 3.8) is 0 Å². The van der Waals surface area contributed by atoms with Gasteiger partial charge in [0, 0.05) is 5.38 Å². The molecule has 1 N–H and O–H groups in total. The molecule has 1 aromatic carbocycles. The van der Waals surface area contributed by atoms with Gasteiger partial charge in [0.05, 0.1) is 12.2 Å². The number of carboxylic acid groups (broad SMARTS) is 1. The fourth-order valence-electron chi connectivity index (χ4n) is 1.50. The maximum absolute atomic E-state index is 13.0. The topological polar surface area (TPSA) is 40.5 Å². The number of carbonyl (C=O) groups is 1. The van der Waals surface area contributed by atoms with Gasteiger partial charge in [0.25, 0.3) is 0 Å². The molecule has 0 fully saturated rings. The first-order valence-corrected chi connectivity index (χ1v) is 5.88. The third kappa shape index (κ3) is 2.82. The highest BCUT2D eigenvalue weighted by atomic mass is 32.1. The van der Waals surface area contributed by atoms with E-state index in [-0.39, 0.29) is 12.4 Å². The summed E-state index contributed by atoms with van der Waals surface area (Å²) < 4.78 is 13.0. The van der Waals surface area contributed by atoms with Gasteiger partial charge in [-0.3, -0.25) is 4.90 Å². The Hall–Kier alpha value is -1.88. The van der Waals surface area contributed by atoms with Gasteiger partial charge in [0.2, 0.25) is 0 Å². The van der Waals surface area contributed by atoms with Gasteiger partial charge in [0.1, 0.15) is 5.82 Å². The Morgan fingerprint density at radius 2 is 2.24 bits per heavy atom. The number of nitrogens with zero attached hydrogens (tertiary/aromatic N) is 1. The van der Waals surface area contributed by atoms with E-state index in [0.29, 0.717) is 11.3 Å². The van der Waals surface area contributed by atoms with Crippen LogP contribution in [0.25, 0.3) is 0 Å². The van der Waals surface area contributed by atoms with Crippen molar-refractivity contribution in [3.8, 4) is 0 Å². The minimum Gasteiger partial charge on any atom is -0.465 e. The van der Waals surface area contributed by atoms with Crippen molar-refractivity contribution in [3.05, 3.63) is 52.5 Å². The Morgan fingerprint density at radius 3 is 2.82 bits per heavy atom. The number of hydrogen-bond donors (Lipinski definition) is 1. The van der Waals surface area contributed by atoms with Gasteiger partial charge in [-0.15, -0.1) is 0 Å². The van der Waals surface area contributed by atoms with E-state index in [2.05, 4.69) is 0 Å². The normalized spacial score (nSPS) is 10.2. The third-order valence-corrected chi connectivity index (χ3v) is 2.95. The monoisotopic (exact) mass is 251 g/mol. The molecular weight excluding hydrogens is 241 g/mol. The van der Waals surface area contributed by atoms with E-state index in [9.17, 15) is 9.18 Å². The van der Waals surface area contributed by atoms with E-state index in [1.807, 2.05) is 0 Å². The van der Waals surface area contributed by atoms with Gasteiger partial charge < -0.3 is 5.11 Å². The Kier molecular flexibility index (Phi) is 3.39. The molecule has 0 aliphatic heterocycles. The Bertz CT molecular complexity index is 513. The van der Waals surface area contributed by atoms with Gasteiger partial charge in [-0.1, -0.05) is 12.1 Å². The molecule has 1 aromatic heterocycles. The lowest BCUT2D eigenvalue weighted by molar-refractivity contribution is 0.201. The number of benzene rings is 1. The zero-order valence-corrected chi connectivity index (χ0v) is 9.65. The van der Waals surface area contributed by atoms with Gasteiger partial charge >= 0.3 is 6.09 Å². The molecule has 0 radical (unpaired) electrons. The number of rotatable bonds is 3. The second-order valence-corrected chi connectivity index (χ2v) is 4.26. The molecule has 17 heavy (non-hydrogen) atoms. The van der Waals surface area contributed by atoms with Crippen LogP contribution in [-0.2, 0) is 6.54 Å². The quantitative estimate of drug-likeness (QED) is 0.905. The summed E-state index contributed by atoms with van der Waals surface area (Å²) in [5.41, 5.74) is 1.23. The Morgan fingerprint density at radius 1 is 1.41 bits per heavy atom. The molecule has 0 saturated carbocycles. The standard InChI is InChI=1S/C12H10FNO2S/c13-10-3-1-2-9(6-10)7-14(12(15)16)11-4-5-17-8-11/h1-6,8H,7H2,(H,15,16). The summed E-state index contributed by atoms with van der Waals surface area (Å²) in [4.78, 5) is 12.3. The number of hydrogen-bond acceptors (Lipinski definition) is 2. The minimum atomic E-state index is -1.05. The summed E-state index contributed by atoms with van der Waals surface area (Å²) in [5.74, 6) is -0.363. The highest BCUT2D eigenvalue weighted by Crippen LogP contribution is 2.20. The van der Waals surface area contributed by atoms with Crippen LogP contribution in [0.15, 0.2) is 41.1 Å². The summed E-state index contributed by atoms with van der Waals surface area (Å²) in [7, 11) is 0. The van der Waals surface area contributed by atoms with Crippen LogP contribution < -0.4 is 4.90 Å². The zero-order chi connectivity index (χ0) is 12.3. The molecule has 5 heteroatoms. The number of amides is 1. The largest absolute Gasteiger partial charge is 0.465 e. The van der Waals surface area contributed by atoms with Crippen LogP contribution in [0.3, 0.4) is 0 Å². The molecule has 3 nitrogen and oxygen atoms in total. The number of thiophene rings is 1. The zero-order valence-electron chi connectivity index (χ0n) is 8.84. The molecule has 2 rings (SSSR count). The van der Waals surface area contributed by atoms with Crippen molar-refractivity contribution in [1.82, 2.24) is 0 Å². The highest BCUT2D eigenvalue weighted by molar-refractivity contribution is 7.08. The van der Waals surface area contributed by atoms with E-state index < -0.39 is 6.09 Å². The molecule has 1 amide bonds. The molecule has 0 aliphatic carbocycles. The molecule has 88 valence electrons. The van der Waals surface area contributed by atoms with E-state index in [1.54, 1.807) is 29.0 Å². The lowest BCUT2D eigenvalue weighted by Crippen LogP contribution is -2.28. The van der Waals surface area contributed by atoms with Crippen LogP contribution in [0.4, 0.5) is 14.9 Å². The molecule has 0 saturated heterocycles. The first-order valence-electron chi connectivity index (χ1n) is 4.94. The molecule has 0 aliphatic rings. The summed E-state index contributed by atoms with van der Waals surface area (Å²) in [5, 5.41) is 12.7. The van der Waals surface area contributed by atoms with E-state index in [1.165, 1.54) is 28.4 Å². The van der Waals surface area contributed by atoms with Crippen molar-refractivity contribution in [2.45, 2.75) is 6.54 Å². The molecule has 0 bridgehead atoms. The molecule has 1 heterocycles. The summed E-state index contributed by atoms with van der Waals surface area (Å²) in [6.07, 6.45) is -1.05. The molecule has 0 atom stereocenters. The number of anilines is 1. The highest BCUT2D eigenvalue weighted by Gasteiger charge is 2.15. The van der Waals surface area contributed by atoms with Gasteiger partial charge in [-0.25, -0.2) is 9.18 Å². The maximum atomic E-state index is 13.0. The maximum Gasteiger partial charge on any atom is 0.412 e. The van der Waals surface area contributed by atoms with Crippen LogP contribution in [-0.4, -0.2) is 11.2 Å². The van der Waals surface area contributed by atoms with Crippen molar-refractivity contribution >= 4 is 23.1 Å². The van der Waals surface area contributed by atoms with Gasteiger partial charge in [-0.05, 0) is 29.1 Å². The first-order chi connectivity index (χ1) is 8.16. The minimum absolute atomic E-state index is 0.143. The summed E-state index contributed by atoms with van der Waals surface area (Å²) in [6.45, 7) is 0.143. The van der Waals surface area contributed by atoms with Gasteiger partial charge in [-0.2, -0.15) is 11.3 Å². The average molecular weight is 251 g/mol. The van der Waals surface area contributed by atoms with Crippen LogP contribution in [0.1, 0.15) is 5.56 Å². The van der Waals surface area contributed by atoms with E-state index in [0.717, 1.165) is 0 Å². The first kappa shape index (κ1) is 11.6. The van der Waals surface area contributed by atoms with E-state index in [4.69, 9.17) is 5.11 Å². The van der Waals surface area contributed by atoms with Gasteiger partial charge in [0.15, 0.2) is 0 Å². The van der Waals surface area contributed by atoms with Crippen LogP contribution >= 0.6 is 11.3 Å². The fraction of sp³-hybridized carbons (Fsp3) is 0.0833. The van der Waals surface area contributed by atoms with Crippen molar-refractivity contribution < 1.29 is 14.3 Å². The Labute approximate surface area is 102 Å². The van der Waals surface area contributed by atoms with Crippen molar-refractivity contribution in [1.29, 1.82) is 0 Å². The Balaban J connectivity index is 2.22. The van der Waals surface area contributed by atoms with Crippen LogP contribution in [0, 0.1) is 5.82 Å². The fourth-order valence-corrected chi connectivity index (χ4v) is 2.14. The average Bonchev–Trinajstić information content (AvgIpc) is 2.78. The third-order valence-electron chi connectivity index (χ3n) is 2.28. The lowest BCUT2D eigenvalue weighted by atomic mass is 10.2. The molecule has 0 unspecified atom stereocenters. The number of halogens is 1. The predicted molar refractivity (Wildman–Crippen MR) is 64.9 cm³/mol. The van der Waals surface area contributed by atoms with Crippen molar-refractivity contribution in [2.24, 2.45) is 0 Å². The summed E-state index contributed by atoms with van der Waals surface area (Å²) >= 11 is 1.42. The van der Waals surface area contributed by atoms with E-state index >= 15 is 0 Å². The van der Waals surface area contributed by atoms with Crippen LogP contribution in [0.2, 0.25) is 0 Å². The SMILES string of the molecule is O=C(O)N(Cc1cccc(F)c1)c1ccsc1. The van der Waals surface area contributed by atoms with Crippen LogP contribution in [0.5, 0.6) is 0 Å². The molecule has 0 spiro atoms. The second kappa shape index (κ2) is 4.97. The van der Waals surface area contributed by atoms with Crippen molar-refractivity contribution in [2.75, 3.05) is 4.90 Å². The summed E-state index contributed by atoms with van der Waals surface area (Å²) in [6, 6.07) is 7.66.